The second-order valence-electron chi connectivity index (χ2n) is 8.09. The lowest BCUT2D eigenvalue weighted by Crippen LogP contribution is -2.13. The number of benzene rings is 3. The predicted molar refractivity (Wildman–Crippen MR) is 148 cm³/mol. The Balaban J connectivity index is 1.42. The molecule has 0 spiro atoms. The lowest BCUT2D eigenvalue weighted by Gasteiger charge is -1.98. The lowest BCUT2D eigenvalue weighted by molar-refractivity contribution is 0.598. The number of rotatable bonds is 6. The summed E-state index contributed by atoms with van der Waals surface area (Å²) >= 11 is 2.47. The van der Waals surface area contributed by atoms with Gasteiger partial charge in [0.25, 0.3) is 0 Å². The number of aromatic nitrogens is 4. The van der Waals surface area contributed by atoms with Crippen LogP contribution in [0.15, 0.2) is 104 Å². The molecule has 0 aliphatic rings. The number of azo groups is 1. The van der Waals surface area contributed by atoms with Crippen molar-refractivity contribution < 1.29 is 8.42 Å². The van der Waals surface area contributed by atoms with Crippen molar-refractivity contribution in [1.29, 1.82) is 0 Å². The van der Waals surface area contributed by atoms with Crippen LogP contribution in [0.25, 0.3) is 37.9 Å². The summed E-state index contributed by atoms with van der Waals surface area (Å²) in [5.74, 6) is 0. The van der Waals surface area contributed by atoms with Gasteiger partial charge in [-0.1, -0.05) is 72.0 Å². The molecule has 0 atom stereocenters. The van der Waals surface area contributed by atoms with Crippen LogP contribution < -0.4 is 10.7 Å². The Hall–Kier alpha value is -4.30. The van der Waals surface area contributed by atoms with E-state index in [0.717, 1.165) is 28.2 Å². The molecule has 3 aromatic heterocycles. The van der Waals surface area contributed by atoms with Gasteiger partial charge >= 0.3 is 5.56 Å². The van der Waals surface area contributed by atoms with Crippen molar-refractivity contribution in [2.45, 2.75) is 4.90 Å². The molecule has 6 aromatic rings. The largest absolute Gasteiger partial charge is 0.301 e. The third-order valence-corrected chi connectivity index (χ3v) is 8.23. The van der Waals surface area contributed by atoms with Crippen molar-refractivity contribution >= 4 is 53.7 Å². The van der Waals surface area contributed by atoms with E-state index in [1.807, 2.05) is 66.0 Å². The van der Waals surface area contributed by atoms with Crippen molar-refractivity contribution in [3.63, 3.8) is 0 Å². The molecule has 0 fully saturated rings. The summed E-state index contributed by atoms with van der Waals surface area (Å²) in [7, 11) is -3.85. The molecule has 0 saturated carbocycles. The molecule has 13 heteroatoms. The Morgan fingerprint density at radius 2 is 1.61 bits per heavy atom. The zero-order valence-electron chi connectivity index (χ0n) is 19.3. The van der Waals surface area contributed by atoms with Crippen molar-refractivity contribution in [3.05, 3.63) is 94.6 Å². The quantitative estimate of drug-likeness (QED) is 0.254. The van der Waals surface area contributed by atoms with Crippen molar-refractivity contribution in [2.24, 2.45) is 15.4 Å². The minimum absolute atomic E-state index is 0.0182. The zero-order valence-corrected chi connectivity index (χ0v) is 21.8. The number of hydrogen-bond acceptors (Lipinski definition) is 9. The Kier molecular flexibility index (Phi) is 6.04. The maximum atomic E-state index is 13.5. The second kappa shape index (κ2) is 9.54. The summed E-state index contributed by atoms with van der Waals surface area (Å²) in [6.07, 6.45) is 0. The first-order valence-corrected chi connectivity index (χ1v) is 14.4. The van der Waals surface area contributed by atoms with Gasteiger partial charge in [0.05, 0.1) is 26.5 Å². The smallest absolute Gasteiger partial charge is 0.286 e. The molecule has 0 radical (unpaired) electrons. The van der Waals surface area contributed by atoms with Crippen LogP contribution in [0.5, 0.6) is 0 Å². The topological polar surface area (TPSA) is 148 Å². The Bertz CT molecular complexity index is 1970. The minimum atomic E-state index is -3.85. The van der Waals surface area contributed by atoms with E-state index in [-0.39, 0.29) is 15.7 Å². The van der Waals surface area contributed by atoms with Crippen LogP contribution in [0.2, 0.25) is 0 Å². The summed E-state index contributed by atoms with van der Waals surface area (Å²) in [4.78, 5) is 22.5. The molecule has 0 aliphatic carbocycles. The van der Waals surface area contributed by atoms with Crippen LogP contribution in [-0.4, -0.2) is 28.2 Å². The van der Waals surface area contributed by atoms with Gasteiger partial charge in [0.1, 0.15) is 0 Å². The number of nitrogens with two attached hydrogens (primary N) is 1. The number of sulfonamides is 1. The number of fused-ring (bicyclic) bond motifs is 1. The van der Waals surface area contributed by atoms with Gasteiger partial charge in [-0.3, -0.25) is 9.89 Å². The Morgan fingerprint density at radius 1 is 0.895 bits per heavy atom. The van der Waals surface area contributed by atoms with E-state index in [9.17, 15) is 13.2 Å². The molecule has 188 valence electrons. The molecule has 6 rings (SSSR count). The molecule has 3 aromatic carbocycles. The summed E-state index contributed by atoms with van der Waals surface area (Å²) in [6.45, 7) is 0. The van der Waals surface area contributed by atoms with Crippen LogP contribution in [0.3, 0.4) is 0 Å². The second-order valence-corrected chi connectivity index (χ2v) is 11.5. The molecule has 0 bridgehead atoms. The number of H-pyrrole nitrogens is 1. The average Bonchev–Trinajstić information content (AvgIpc) is 3.64. The van der Waals surface area contributed by atoms with E-state index in [1.165, 1.54) is 28.2 Å². The summed E-state index contributed by atoms with van der Waals surface area (Å²) < 4.78 is 25.3. The average molecular weight is 560 g/mol. The number of thiazole rings is 2. The maximum Gasteiger partial charge on any atom is 0.301 e. The molecular weight excluding hydrogens is 543 g/mol. The Morgan fingerprint density at radius 3 is 2.32 bits per heavy atom. The van der Waals surface area contributed by atoms with E-state index in [2.05, 4.69) is 25.3 Å². The molecule has 0 amide bonds. The van der Waals surface area contributed by atoms with Crippen molar-refractivity contribution in [3.8, 4) is 27.6 Å². The monoisotopic (exact) mass is 559 g/mol. The van der Waals surface area contributed by atoms with Crippen LogP contribution in [0.4, 0.5) is 10.8 Å². The molecule has 38 heavy (non-hydrogen) atoms. The van der Waals surface area contributed by atoms with E-state index in [4.69, 9.17) is 5.14 Å². The number of nitrogens with one attached hydrogen (secondary N) is 1. The van der Waals surface area contributed by atoms with E-state index < -0.39 is 15.6 Å². The van der Waals surface area contributed by atoms with Gasteiger partial charge in [-0.2, -0.15) is 4.68 Å². The number of hydrogen-bond donors (Lipinski definition) is 2. The standard InChI is InChI=1S/C25H17N7O3S3/c26-38(34,35)17-11-12-18-20(13-17)37-24(27-18)30-29-22-21(16-9-5-2-6-10-16)31-32(23(22)33)25-28-19(14-36-25)15-7-3-1-4-8-15/h1-14,31H,(H2,26,34,35). The summed E-state index contributed by atoms with van der Waals surface area (Å²) in [6, 6.07) is 23.4. The first kappa shape index (κ1) is 24.1. The molecule has 10 nitrogen and oxygen atoms in total. The fourth-order valence-electron chi connectivity index (χ4n) is 3.78. The lowest BCUT2D eigenvalue weighted by atomic mass is 10.1. The van der Waals surface area contributed by atoms with E-state index in [1.54, 1.807) is 6.07 Å². The van der Waals surface area contributed by atoms with Crippen LogP contribution in [0, 0.1) is 0 Å². The van der Waals surface area contributed by atoms with Gasteiger partial charge in [0.2, 0.25) is 20.3 Å². The fraction of sp³-hybridized carbons (Fsp3) is 0. The highest BCUT2D eigenvalue weighted by atomic mass is 32.2. The minimum Gasteiger partial charge on any atom is -0.286 e. The highest BCUT2D eigenvalue weighted by Crippen LogP contribution is 2.33. The molecule has 3 heterocycles. The molecule has 3 N–H and O–H groups in total. The fourth-order valence-corrected chi connectivity index (χ4v) is 6.01. The van der Waals surface area contributed by atoms with Gasteiger partial charge in [-0.15, -0.1) is 21.6 Å². The van der Waals surface area contributed by atoms with Crippen LogP contribution in [0.1, 0.15) is 0 Å². The summed E-state index contributed by atoms with van der Waals surface area (Å²) in [5, 5.41) is 19.5. The molecule has 0 unspecified atom stereocenters. The number of primary sulfonamides is 1. The predicted octanol–water partition coefficient (Wildman–Crippen LogP) is 5.63. The van der Waals surface area contributed by atoms with Crippen LogP contribution >= 0.6 is 22.7 Å². The third-order valence-electron chi connectivity index (χ3n) is 5.59. The first-order valence-electron chi connectivity index (χ1n) is 11.1. The highest BCUT2D eigenvalue weighted by Gasteiger charge is 2.19. The van der Waals surface area contributed by atoms with Crippen molar-refractivity contribution in [2.75, 3.05) is 0 Å². The highest BCUT2D eigenvalue weighted by molar-refractivity contribution is 7.89. The van der Waals surface area contributed by atoms with Gasteiger partial charge in [0.15, 0.2) is 5.69 Å². The SMILES string of the molecule is NS(=O)(=O)c1ccc2nc(N=Nc3c(-c4ccccc4)[nH]n(-c4nc(-c5ccccc5)cs4)c3=O)sc2c1. The van der Waals surface area contributed by atoms with Gasteiger partial charge < -0.3 is 0 Å². The maximum absolute atomic E-state index is 13.5. The molecular formula is C25H17N7O3S3. The van der Waals surface area contributed by atoms with Gasteiger partial charge in [-0.25, -0.2) is 23.5 Å². The summed E-state index contributed by atoms with van der Waals surface area (Å²) in [5.41, 5.74) is 3.15. The number of aromatic amines is 1. The first-order chi connectivity index (χ1) is 18.4. The normalized spacial score (nSPS) is 12.0. The molecule has 0 aliphatic heterocycles. The molecule has 0 saturated heterocycles. The Labute approximate surface area is 223 Å². The van der Waals surface area contributed by atoms with E-state index in [0.29, 0.717) is 21.0 Å². The van der Waals surface area contributed by atoms with Gasteiger partial charge in [-0.05, 0) is 18.2 Å². The van der Waals surface area contributed by atoms with E-state index >= 15 is 0 Å². The third kappa shape index (κ3) is 4.59. The zero-order chi connectivity index (χ0) is 26.3. The van der Waals surface area contributed by atoms with Crippen LogP contribution in [-0.2, 0) is 10.0 Å². The number of nitrogens with zero attached hydrogens (tertiary/aromatic N) is 5. The van der Waals surface area contributed by atoms with Gasteiger partial charge in [0, 0.05) is 16.5 Å². The van der Waals surface area contributed by atoms with Crippen molar-refractivity contribution in [1.82, 2.24) is 19.7 Å².